The van der Waals surface area contributed by atoms with E-state index in [9.17, 15) is 14.0 Å². The zero-order valence-electron chi connectivity index (χ0n) is 13.0. The molecule has 1 heterocycles. The maximum atomic E-state index is 13.8. The molecule has 0 saturated heterocycles. The topological polar surface area (TPSA) is 79.3 Å². The highest BCUT2D eigenvalue weighted by molar-refractivity contribution is 7.12. The van der Waals surface area contributed by atoms with Crippen LogP contribution in [0.4, 0.5) is 10.1 Å². The largest absolute Gasteiger partial charge is 0.481 e. The van der Waals surface area contributed by atoms with E-state index in [4.69, 9.17) is 5.11 Å². The summed E-state index contributed by atoms with van der Waals surface area (Å²) in [4.78, 5) is 27.7. The Kier molecular flexibility index (Phi) is 4.79. The maximum Gasteiger partial charge on any atom is 0.307 e. The number of aliphatic carboxylic acids is 1. The highest BCUT2D eigenvalue weighted by atomic mass is 32.1. The number of carboxylic acid groups (broad SMARTS) is 1. The molecule has 1 amide bonds. The fraction of sp³-hybridized carbons (Fsp3) is 0.312. The first-order valence-corrected chi connectivity index (χ1v) is 7.82. The molecule has 23 heavy (non-hydrogen) atoms. The van der Waals surface area contributed by atoms with Crippen molar-refractivity contribution in [1.29, 1.82) is 0 Å². The first-order valence-electron chi connectivity index (χ1n) is 6.94. The number of nitrogens with zero attached hydrogens (tertiary/aromatic N) is 1. The zero-order valence-corrected chi connectivity index (χ0v) is 13.8. The summed E-state index contributed by atoms with van der Waals surface area (Å²) in [5.41, 5.74) is 2.36. The van der Waals surface area contributed by atoms with Gasteiger partial charge in [0.05, 0.1) is 17.6 Å². The average Bonchev–Trinajstić information content (AvgIpc) is 2.91. The second-order valence-electron chi connectivity index (χ2n) is 6.11. The van der Waals surface area contributed by atoms with Gasteiger partial charge in [-0.1, -0.05) is 26.8 Å². The third kappa shape index (κ3) is 4.13. The molecule has 0 spiro atoms. The lowest BCUT2D eigenvalue weighted by molar-refractivity contribution is -0.136. The molecule has 0 aliphatic heterocycles. The number of thiazole rings is 1. The van der Waals surface area contributed by atoms with Gasteiger partial charge in [0.2, 0.25) is 0 Å². The van der Waals surface area contributed by atoms with Crippen LogP contribution in [-0.2, 0) is 16.6 Å². The summed E-state index contributed by atoms with van der Waals surface area (Å²) >= 11 is 1.22. The minimum atomic E-state index is -1.11. The first-order chi connectivity index (χ1) is 10.7. The smallest absolute Gasteiger partial charge is 0.307 e. The third-order valence-corrected chi connectivity index (χ3v) is 3.96. The molecule has 2 aromatic rings. The van der Waals surface area contributed by atoms with Crippen molar-refractivity contribution < 1.29 is 19.1 Å². The SMILES string of the molecule is CC(C)(C)c1ncsc1C(=O)Nc1ccc(CC(=O)O)c(F)c1. The van der Waals surface area contributed by atoms with Crippen molar-refractivity contribution in [2.75, 3.05) is 5.32 Å². The van der Waals surface area contributed by atoms with Crippen LogP contribution >= 0.6 is 11.3 Å². The number of hydrogen-bond donors (Lipinski definition) is 2. The molecular formula is C16H17FN2O3S. The van der Waals surface area contributed by atoms with Crippen molar-refractivity contribution in [1.82, 2.24) is 4.98 Å². The van der Waals surface area contributed by atoms with E-state index in [1.54, 1.807) is 5.51 Å². The number of carboxylic acids is 1. The van der Waals surface area contributed by atoms with Gasteiger partial charge in [0.15, 0.2) is 0 Å². The predicted octanol–water partition coefficient (Wildman–Crippen LogP) is 3.46. The molecule has 0 unspecified atom stereocenters. The lowest BCUT2D eigenvalue weighted by Gasteiger charge is -2.17. The summed E-state index contributed by atoms with van der Waals surface area (Å²) < 4.78 is 13.8. The summed E-state index contributed by atoms with van der Waals surface area (Å²) in [6.07, 6.45) is -0.400. The van der Waals surface area contributed by atoms with E-state index in [-0.39, 0.29) is 22.6 Å². The minimum Gasteiger partial charge on any atom is -0.481 e. The van der Waals surface area contributed by atoms with Gasteiger partial charge in [-0.25, -0.2) is 9.37 Å². The van der Waals surface area contributed by atoms with Gasteiger partial charge in [0.1, 0.15) is 10.7 Å². The van der Waals surface area contributed by atoms with Crippen LogP contribution in [0.15, 0.2) is 23.7 Å². The molecule has 0 radical (unpaired) electrons. The zero-order chi connectivity index (χ0) is 17.2. The van der Waals surface area contributed by atoms with Crippen molar-refractivity contribution in [3.05, 3.63) is 45.7 Å². The first kappa shape index (κ1) is 17.1. The number of rotatable bonds is 4. The van der Waals surface area contributed by atoms with Gasteiger partial charge in [-0.2, -0.15) is 0 Å². The minimum absolute atomic E-state index is 0.0728. The van der Waals surface area contributed by atoms with E-state index >= 15 is 0 Å². The van der Waals surface area contributed by atoms with Crippen LogP contribution in [-0.4, -0.2) is 22.0 Å². The molecule has 122 valence electrons. The fourth-order valence-corrected chi connectivity index (χ4v) is 2.95. The molecule has 0 aliphatic rings. The number of carbonyl (C=O) groups is 2. The van der Waals surface area contributed by atoms with Crippen LogP contribution in [0.5, 0.6) is 0 Å². The van der Waals surface area contributed by atoms with E-state index in [2.05, 4.69) is 10.3 Å². The lowest BCUT2D eigenvalue weighted by atomic mass is 9.91. The highest BCUT2D eigenvalue weighted by Gasteiger charge is 2.25. The molecule has 0 fully saturated rings. The van der Waals surface area contributed by atoms with Gasteiger partial charge in [0, 0.05) is 11.1 Å². The molecule has 0 saturated carbocycles. The van der Waals surface area contributed by atoms with Crippen LogP contribution in [0.3, 0.4) is 0 Å². The molecule has 0 aliphatic carbocycles. The monoisotopic (exact) mass is 336 g/mol. The number of nitrogens with one attached hydrogen (secondary N) is 1. The van der Waals surface area contributed by atoms with E-state index in [0.29, 0.717) is 10.6 Å². The van der Waals surface area contributed by atoms with Crippen molar-refractivity contribution in [2.24, 2.45) is 0 Å². The quantitative estimate of drug-likeness (QED) is 0.896. The molecule has 5 nitrogen and oxygen atoms in total. The summed E-state index contributed by atoms with van der Waals surface area (Å²) in [5, 5.41) is 11.3. The Balaban J connectivity index is 2.20. The number of amides is 1. The Morgan fingerprint density at radius 3 is 2.61 bits per heavy atom. The maximum absolute atomic E-state index is 13.8. The summed E-state index contributed by atoms with van der Waals surface area (Å²) in [6, 6.07) is 3.96. The van der Waals surface area contributed by atoms with Gasteiger partial charge < -0.3 is 10.4 Å². The molecule has 2 rings (SSSR count). The molecular weight excluding hydrogens is 319 g/mol. The number of aromatic nitrogens is 1. The Labute approximate surface area is 137 Å². The lowest BCUT2D eigenvalue weighted by Crippen LogP contribution is -2.19. The summed E-state index contributed by atoms with van der Waals surface area (Å²) in [5.74, 6) is -2.13. The second kappa shape index (κ2) is 6.45. The number of benzene rings is 1. The van der Waals surface area contributed by atoms with Crippen LogP contribution in [0.1, 0.15) is 41.7 Å². The predicted molar refractivity (Wildman–Crippen MR) is 86.5 cm³/mol. The summed E-state index contributed by atoms with van der Waals surface area (Å²) in [6.45, 7) is 5.87. The molecule has 7 heteroatoms. The number of anilines is 1. The Morgan fingerprint density at radius 2 is 2.04 bits per heavy atom. The van der Waals surface area contributed by atoms with E-state index in [1.165, 1.54) is 23.5 Å². The Morgan fingerprint density at radius 1 is 1.35 bits per heavy atom. The van der Waals surface area contributed by atoms with Crippen LogP contribution < -0.4 is 5.32 Å². The van der Waals surface area contributed by atoms with Crippen molar-refractivity contribution in [3.8, 4) is 0 Å². The van der Waals surface area contributed by atoms with Gasteiger partial charge in [-0.05, 0) is 17.7 Å². The Bertz CT molecular complexity index is 750. The van der Waals surface area contributed by atoms with Crippen LogP contribution in [0.25, 0.3) is 0 Å². The second-order valence-corrected chi connectivity index (χ2v) is 6.97. The van der Waals surface area contributed by atoms with E-state index in [1.807, 2.05) is 20.8 Å². The van der Waals surface area contributed by atoms with Crippen molar-refractivity contribution in [2.45, 2.75) is 32.6 Å². The third-order valence-electron chi connectivity index (χ3n) is 3.14. The number of halogens is 1. The average molecular weight is 336 g/mol. The molecule has 0 bridgehead atoms. The van der Waals surface area contributed by atoms with E-state index < -0.39 is 18.2 Å². The van der Waals surface area contributed by atoms with Gasteiger partial charge >= 0.3 is 5.97 Å². The summed E-state index contributed by atoms with van der Waals surface area (Å²) in [7, 11) is 0. The number of carbonyl (C=O) groups excluding carboxylic acids is 1. The van der Waals surface area contributed by atoms with Crippen molar-refractivity contribution >= 4 is 28.9 Å². The van der Waals surface area contributed by atoms with Gasteiger partial charge in [-0.3, -0.25) is 9.59 Å². The van der Waals surface area contributed by atoms with Gasteiger partial charge in [0.25, 0.3) is 5.91 Å². The van der Waals surface area contributed by atoms with Crippen molar-refractivity contribution in [3.63, 3.8) is 0 Å². The highest BCUT2D eigenvalue weighted by Crippen LogP contribution is 2.28. The standard InChI is InChI=1S/C16H17FN2O3S/c1-16(2,3)14-13(23-8-18-14)15(22)19-10-5-4-9(6-12(20)21)11(17)7-10/h4-5,7-8H,6H2,1-3H3,(H,19,22)(H,20,21). The van der Waals surface area contributed by atoms with E-state index in [0.717, 1.165) is 6.07 Å². The number of hydrogen-bond acceptors (Lipinski definition) is 4. The van der Waals surface area contributed by atoms with Crippen LogP contribution in [0.2, 0.25) is 0 Å². The molecule has 1 aromatic heterocycles. The fourth-order valence-electron chi connectivity index (χ4n) is 2.06. The van der Waals surface area contributed by atoms with Crippen LogP contribution in [0, 0.1) is 5.82 Å². The molecule has 2 N–H and O–H groups in total. The molecule has 1 aromatic carbocycles. The Hall–Kier alpha value is -2.28. The molecule has 0 atom stereocenters. The van der Waals surface area contributed by atoms with Gasteiger partial charge in [-0.15, -0.1) is 11.3 Å². The normalized spacial score (nSPS) is 11.3.